The maximum atomic E-state index is 5.27. The number of nitrogens with one attached hydrogen (secondary N) is 1. The smallest absolute Gasteiger partial charge is 0.237 e. The summed E-state index contributed by atoms with van der Waals surface area (Å²) in [6.45, 7) is 4.89. The SMILES string of the molecule is CCNC(c1cnc(C)s1)c1nccnc1OC. The molecule has 18 heavy (non-hydrogen) atoms. The van der Waals surface area contributed by atoms with E-state index >= 15 is 0 Å². The largest absolute Gasteiger partial charge is 0.480 e. The van der Waals surface area contributed by atoms with Gasteiger partial charge in [0, 0.05) is 23.5 Å². The topological polar surface area (TPSA) is 59.9 Å². The fourth-order valence-electron chi connectivity index (χ4n) is 1.74. The Hall–Kier alpha value is -1.53. The molecule has 0 aliphatic rings. The van der Waals surface area contributed by atoms with Gasteiger partial charge in [-0.15, -0.1) is 11.3 Å². The third kappa shape index (κ3) is 2.65. The zero-order chi connectivity index (χ0) is 13.0. The minimum atomic E-state index is -0.0233. The Balaban J connectivity index is 2.41. The number of aromatic nitrogens is 3. The first-order chi connectivity index (χ1) is 8.76. The highest BCUT2D eigenvalue weighted by atomic mass is 32.1. The van der Waals surface area contributed by atoms with Gasteiger partial charge in [-0.3, -0.25) is 4.98 Å². The highest BCUT2D eigenvalue weighted by Gasteiger charge is 2.21. The molecule has 0 saturated heterocycles. The summed E-state index contributed by atoms with van der Waals surface area (Å²) >= 11 is 1.65. The van der Waals surface area contributed by atoms with Gasteiger partial charge >= 0.3 is 0 Å². The van der Waals surface area contributed by atoms with Crippen LogP contribution in [0.1, 0.15) is 28.5 Å². The fourth-order valence-corrected chi connectivity index (χ4v) is 2.60. The third-order valence-electron chi connectivity index (χ3n) is 2.49. The van der Waals surface area contributed by atoms with Crippen LogP contribution in [0.5, 0.6) is 5.88 Å². The number of methoxy groups -OCH3 is 1. The lowest BCUT2D eigenvalue weighted by atomic mass is 10.2. The van der Waals surface area contributed by atoms with Gasteiger partial charge in [0.1, 0.15) is 5.69 Å². The molecule has 1 N–H and O–H groups in total. The summed E-state index contributed by atoms with van der Waals surface area (Å²) < 4.78 is 5.27. The maximum absolute atomic E-state index is 5.27. The highest BCUT2D eigenvalue weighted by Crippen LogP contribution is 2.29. The predicted molar refractivity (Wildman–Crippen MR) is 71.0 cm³/mol. The molecular formula is C12H16N4OS. The first-order valence-electron chi connectivity index (χ1n) is 5.76. The molecule has 96 valence electrons. The molecule has 2 aromatic rings. The number of thiazole rings is 1. The molecule has 0 saturated carbocycles. The minimum absolute atomic E-state index is 0.0233. The zero-order valence-corrected chi connectivity index (χ0v) is 11.5. The van der Waals surface area contributed by atoms with E-state index in [2.05, 4.69) is 27.2 Å². The Morgan fingerprint density at radius 2 is 2.11 bits per heavy atom. The number of rotatable bonds is 5. The summed E-state index contributed by atoms with van der Waals surface area (Å²) in [5.41, 5.74) is 0.797. The van der Waals surface area contributed by atoms with Crippen molar-refractivity contribution in [2.24, 2.45) is 0 Å². The van der Waals surface area contributed by atoms with Gasteiger partial charge in [-0.25, -0.2) is 9.97 Å². The maximum Gasteiger partial charge on any atom is 0.237 e. The van der Waals surface area contributed by atoms with E-state index in [1.165, 1.54) is 0 Å². The average Bonchev–Trinajstić information content (AvgIpc) is 2.82. The molecule has 6 heteroatoms. The molecule has 0 aromatic carbocycles. The molecule has 0 aliphatic heterocycles. The Morgan fingerprint density at radius 3 is 2.72 bits per heavy atom. The van der Waals surface area contributed by atoms with Gasteiger partial charge in [0.25, 0.3) is 0 Å². The van der Waals surface area contributed by atoms with E-state index in [1.807, 2.05) is 13.1 Å². The zero-order valence-electron chi connectivity index (χ0n) is 10.7. The predicted octanol–water partition coefficient (Wildman–Crippen LogP) is 1.95. The van der Waals surface area contributed by atoms with Gasteiger partial charge < -0.3 is 10.1 Å². The number of nitrogens with zero attached hydrogens (tertiary/aromatic N) is 3. The van der Waals surface area contributed by atoms with Crippen molar-refractivity contribution < 1.29 is 4.74 Å². The van der Waals surface area contributed by atoms with Crippen LogP contribution in [-0.4, -0.2) is 28.6 Å². The van der Waals surface area contributed by atoms with Crippen LogP contribution in [0.4, 0.5) is 0 Å². The first kappa shape index (κ1) is 12.9. The second-order valence-corrected chi connectivity index (χ2v) is 4.99. The molecule has 1 unspecified atom stereocenters. The molecule has 0 spiro atoms. The van der Waals surface area contributed by atoms with Crippen LogP contribution in [0.25, 0.3) is 0 Å². The van der Waals surface area contributed by atoms with Crippen molar-refractivity contribution in [1.82, 2.24) is 20.3 Å². The molecule has 0 fully saturated rings. The lowest BCUT2D eigenvalue weighted by molar-refractivity contribution is 0.383. The van der Waals surface area contributed by atoms with Gasteiger partial charge in [-0.05, 0) is 13.5 Å². The molecular weight excluding hydrogens is 248 g/mol. The Labute approximate surface area is 110 Å². The average molecular weight is 264 g/mol. The number of hydrogen-bond acceptors (Lipinski definition) is 6. The van der Waals surface area contributed by atoms with E-state index in [0.717, 1.165) is 22.1 Å². The summed E-state index contributed by atoms with van der Waals surface area (Å²) in [5, 5.41) is 4.43. The summed E-state index contributed by atoms with van der Waals surface area (Å²) in [6.07, 6.45) is 5.18. The molecule has 0 aliphatic carbocycles. The quantitative estimate of drug-likeness (QED) is 0.894. The minimum Gasteiger partial charge on any atom is -0.480 e. The first-order valence-corrected chi connectivity index (χ1v) is 6.58. The Kier molecular flexibility index (Phi) is 4.22. The molecule has 2 aromatic heterocycles. The van der Waals surface area contributed by atoms with Gasteiger partial charge in [-0.1, -0.05) is 6.92 Å². The van der Waals surface area contributed by atoms with Gasteiger partial charge in [0.2, 0.25) is 5.88 Å². The van der Waals surface area contributed by atoms with Gasteiger partial charge in [0.05, 0.1) is 18.2 Å². The van der Waals surface area contributed by atoms with Gasteiger partial charge in [-0.2, -0.15) is 0 Å². The summed E-state index contributed by atoms with van der Waals surface area (Å²) in [4.78, 5) is 14.0. The van der Waals surface area contributed by atoms with Crippen LogP contribution in [0.2, 0.25) is 0 Å². The van der Waals surface area contributed by atoms with Crippen molar-refractivity contribution in [3.8, 4) is 5.88 Å². The molecule has 2 heterocycles. The van der Waals surface area contributed by atoms with Crippen LogP contribution >= 0.6 is 11.3 Å². The van der Waals surface area contributed by atoms with Crippen molar-refractivity contribution in [2.45, 2.75) is 19.9 Å². The van der Waals surface area contributed by atoms with E-state index in [0.29, 0.717) is 5.88 Å². The second kappa shape index (κ2) is 5.88. The van der Waals surface area contributed by atoms with Crippen LogP contribution in [0.3, 0.4) is 0 Å². The van der Waals surface area contributed by atoms with Crippen molar-refractivity contribution >= 4 is 11.3 Å². The van der Waals surface area contributed by atoms with E-state index in [-0.39, 0.29) is 6.04 Å². The van der Waals surface area contributed by atoms with E-state index < -0.39 is 0 Å². The summed E-state index contributed by atoms with van der Waals surface area (Å²) in [7, 11) is 1.61. The van der Waals surface area contributed by atoms with Crippen molar-refractivity contribution in [3.63, 3.8) is 0 Å². The van der Waals surface area contributed by atoms with Crippen LogP contribution in [-0.2, 0) is 0 Å². The normalized spacial score (nSPS) is 12.4. The number of ether oxygens (including phenoxy) is 1. The fraction of sp³-hybridized carbons (Fsp3) is 0.417. The standard InChI is InChI=1S/C12H16N4OS/c1-4-13-10(9-7-16-8(2)18-9)11-12(17-3)15-6-5-14-11/h5-7,10,13H,4H2,1-3H3. The van der Waals surface area contributed by atoms with Crippen molar-refractivity contribution in [1.29, 1.82) is 0 Å². The Bertz CT molecular complexity index is 514. The molecule has 1 atom stereocenters. The lowest BCUT2D eigenvalue weighted by Crippen LogP contribution is -2.23. The summed E-state index contributed by atoms with van der Waals surface area (Å²) in [5.74, 6) is 0.550. The monoisotopic (exact) mass is 264 g/mol. The molecule has 5 nitrogen and oxygen atoms in total. The highest BCUT2D eigenvalue weighted by molar-refractivity contribution is 7.11. The molecule has 0 radical (unpaired) electrons. The van der Waals surface area contributed by atoms with E-state index in [1.54, 1.807) is 30.8 Å². The molecule has 0 bridgehead atoms. The van der Waals surface area contributed by atoms with E-state index in [9.17, 15) is 0 Å². The van der Waals surface area contributed by atoms with Crippen molar-refractivity contribution in [2.75, 3.05) is 13.7 Å². The second-order valence-electron chi connectivity index (χ2n) is 3.72. The molecule has 2 rings (SSSR count). The molecule has 0 amide bonds. The van der Waals surface area contributed by atoms with Crippen LogP contribution in [0.15, 0.2) is 18.6 Å². The van der Waals surface area contributed by atoms with Gasteiger partial charge in [0.15, 0.2) is 0 Å². The summed E-state index contributed by atoms with van der Waals surface area (Å²) in [6, 6.07) is -0.0233. The van der Waals surface area contributed by atoms with Crippen LogP contribution in [0, 0.1) is 6.92 Å². The lowest BCUT2D eigenvalue weighted by Gasteiger charge is -2.16. The Morgan fingerprint density at radius 1 is 1.33 bits per heavy atom. The van der Waals surface area contributed by atoms with Crippen molar-refractivity contribution in [3.05, 3.63) is 34.2 Å². The third-order valence-corrected chi connectivity index (χ3v) is 3.47. The van der Waals surface area contributed by atoms with E-state index in [4.69, 9.17) is 4.74 Å². The number of aryl methyl sites for hydroxylation is 1. The number of hydrogen-bond donors (Lipinski definition) is 1. The van der Waals surface area contributed by atoms with Crippen LogP contribution < -0.4 is 10.1 Å².